The highest BCUT2D eigenvalue weighted by Gasteiger charge is 2.59. The predicted octanol–water partition coefficient (Wildman–Crippen LogP) is 4.29. The van der Waals surface area contributed by atoms with Crippen LogP contribution < -0.4 is 16.4 Å². The molecule has 0 aliphatic heterocycles. The van der Waals surface area contributed by atoms with Crippen LogP contribution in [0.25, 0.3) is 0 Å². The molecule has 2 aromatic rings. The summed E-state index contributed by atoms with van der Waals surface area (Å²) in [5, 5.41) is 7.07. The van der Waals surface area contributed by atoms with Crippen molar-refractivity contribution >= 4 is 29.1 Å². The van der Waals surface area contributed by atoms with Crippen molar-refractivity contribution in [3.05, 3.63) is 58.9 Å². The van der Waals surface area contributed by atoms with Gasteiger partial charge in [0.15, 0.2) is 0 Å². The smallest absolute Gasteiger partial charge is 0.237 e. The van der Waals surface area contributed by atoms with Crippen LogP contribution in [0.5, 0.6) is 0 Å². The summed E-state index contributed by atoms with van der Waals surface area (Å²) in [6.07, 6.45) is 10.2. The van der Waals surface area contributed by atoms with Gasteiger partial charge >= 0.3 is 0 Å². The van der Waals surface area contributed by atoms with Crippen LogP contribution in [-0.4, -0.2) is 29.4 Å². The molecule has 5 aliphatic carbocycles. The molecule has 4 unspecified atom stereocenters. The van der Waals surface area contributed by atoms with Gasteiger partial charge < -0.3 is 16.4 Å². The third-order valence-corrected chi connectivity index (χ3v) is 9.55. The molecule has 4 bridgehead atoms. The number of aromatic nitrogens is 1. The number of fused-ring (bicyclic) bond motifs is 1. The van der Waals surface area contributed by atoms with Crippen LogP contribution in [0.4, 0.5) is 5.69 Å². The van der Waals surface area contributed by atoms with Crippen LogP contribution in [0.3, 0.4) is 0 Å². The lowest BCUT2D eigenvalue weighted by Crippen LogP contribution is -2.61. The molecule has 1 aromatic carbocycles. The molecule has 6 nitrogen and oxygen atoms in total. The van der Waals surface area contributed by atoms with Crippen molar-refractivity contribution in [3.8, 4) is 0 Å². The number of hydrogen-bond acceptors (Lipinski definition) is 4. The fourth-order valence-electron chi connectivity index (χ4n) is 8.03. The summed E-state index contributed by atoms with van der Waals surface area (Å²) in [5.41, 5.74) is 9.69. The van der Waals surface area contributed by atoms with Crippen LogP contribution in [0.2, 0.25) is 5.02 Å². The summed E-state index contributed by atoms with van der Waals surface area (Å²) >= 11 is 6.14. The van der Waals surface area contributed by atoms with Gasteiger partial charge in [-0.2, -0.15) is 0 Å². The standard InChI is InChI=1S/C28H33ClN4O2/c29-21-3-4-23-17(11-21)1-2-18(23)15-32-26(34)25(30)24-19-9-16-10-20(24)14-28(12-16,13-19)27(35)33-22-5-7-31-8-6-22/h3-8,11,16,18-20,24-25H,1-2,9-10,12-15,30H2,(H,32,34)(H,31,33,35). The molecule has 1 aromatic heterocycles. The fourth-order valence-corrected chi connectivity index (χ4v) is 8.22. The highest BCUT2D eigenvalue weighted by Crippen LogP contribution is 2.63. The molecule has 4 fully saturated rings. The Morgan fingerprint density at radius 1 is 1.11 bits per heavy atom. The van der Waals surface area contributed by atoms with Crippen molar-refractivity contribution in [1.29, 1.82) is 0 Å². The molecule has 0 spiro atoms. The van der Waals surface area contributed by atoms with Gasteiger partial charge in [-0.25, -0.2) is 0 Å². The normalized spacial score (nSPS) is 33.3. The van der Waals surface area contributed by atoms with Crippen molar-refractivity contribution in [2.24, 2.45) is 34.8 Å². The quantitative estimate of drug-likeness (QED) is 0.560. The first-order chi connectivity index (χ1) is 16.9. The molecular formula is C28H33ClN4O2. The number of anilines is 1. The molecular weight excluding hydrogens is 460 g/mol. The number of hydrogen-bond donors (Lipinski definition) is 3. The summed E-state index contributed by atoms with van der Waals surface area (Å²) in [4.78, 5) is 30.6. The lowest BCUT2D eigenvalue weighted by Gasteiger charge is -2.60. The van der Waals surface area contributed by atoms with E-state index in [1.54, 1.807) is 12.4 Å². The Hall–Kier alpha value is -2.44. The van der Waals surface area contributed by atoms with Crippen molar-refractivity contribution in [1.82, 2.24) is 10.3 Å². The highest BCUT2D eigenvalue weighted by atomic mass is 35.5. The molecule has 4 N–H and O–H groups in total. The van der Waals surface area contributed by atoms with E-state index in [1.165, 1.54) is 11.1 Å². The average molecular weight is 493 g/mol. The zero-order chi connectivity index (χ0) is 24.2. The zero-order valence-electron chi connectivity index (χ0n) is 19.9. The summed E-state index contributed by atoms with van der Waals surface area (Å²) in [6.45, 7) is 0.615. The summed E-state index contributed by atoms with van der Waals surface area (Å²) < 4.78 is 0. The Morgan fingerprint density at radius 3 is 2.60 bits per heavy atom. The fraction of sp³-hybridized carbons (Fsp3) is 0.536. The molecule has 5 aliphatic rings. The number of nitrogens with two attached hydrogens (primary N) is 1. The number of nitrogens with zero attached hydrogens (tertiary/aromatic N) is 1. The molecule has 0 radical (unpaired) electrons. The number of nitrogens with one attached hydrogen (secondary N) is 2. The van der Waals surface area contributed by atoms with E-state index in [0.29, 0.717) is 30.2 Å². The zero-order valence-corrected chi connectivity index (χ0v) is 20.6. The van der Waals surface area contributed by atoms with E-state index in [9.17, 15) is 9.59 Å². The van der Waals surface area contributed by atoms with Crippen molar-refractivity contribution < 1.29 is 9.59 Å². The topological polar surface area (TPSA) is 97.1 Å². The number of benzene rings is 1. The Morgan fingerprint density at radius 2 is 1.86 bits per heavy atom. The predicted molar refractivity (Wildman–Crippen MR) is 136 cm³/mol. The molecule has 4 atom stereocenters. The number of halogens is 1. The van der Waals surface area contributed by atoms with Gasteiger partial charge in [-0.3, -0.25) is 14.6 Å². The third-order valence-electron chi connectivity index (χ3n) is 9.31. The van der Waals surface area contributed by atoms with Crippen molar-refractivity contribution in [3.63, 3.8) is 0 Å². The molecule has 7 rings (SSSR count). The first-order valence-corrected chi connectivity index (χ1v) is 13.3. The van der Waals surface area contributed by atoms with Gasteiger partial charge in [0.1, 0.15) is 0 Å². The van der Waals surface area contributed by atoms with Gasteiger partial charge in [0.2, 0.25) is 11.8 Å². The number of carbonyl (C=O) groups excluding carboxylic acids is 2. The molecule has 184 valence electrons. The van der Waals surface area contributed by atoms with Crippen LogP contribution in [-0.2, 0) is 16.0 Å². The molecule has 0 saturated heterocycles. The van der Waals surface area contributed by atoms with Gasteiger partial charge in [0, 0.05) is 35.6 Å². The first-order valence-electron chi connectivity index (χ1n) is 12.9. The number of aryl methyl sites for hydroxylation is 1. The second-order valence-corrected chi connectivity index (χ2v) is 11.8. The molecule has 35 heavy (non-hydrogen) atoms. The summed E-state index contributed by atoms with van der Waals surface area (Å²) in [6, 6.07) is 9.21. The van der Waals surface area contributed by atoms with E-state index < -0.39 is 6.04 Å². The number of pyridine rings is 1. The summed E-state index contributed by atoms with van der Waals surface area (Å²) in [7, 11) is 0. The highest BCUT2D eigenvalue weighted by molar-refractivity contribution is 6.30. The van der Waals surface area contributed by atoms with Crippen molar-refractivity contribution in [2.75, 3.05) is 11.9 Å². The first kappa shape index (κ1) is 23.0. The van der Waals surface area contributed by atoms with Crippen LogP contribution in [0.1, 0.15) is 55.6 Å². The van der Waals surface area contributed by atoms with E-state index in [1.807, 2.05) is 24.3 Å². The third kappa shape index (κ3) is 4.15. The van der Waals surface area contributed by atoms with Crippen LogP contribution >= 0.6 is 11.6 Å². The molecule has 1 heterocycles. The largest absolute Gasteiger partial charge is 0.354 e. The van der Waals surface area contributed by atoms with Gasteiger partial charge in [0.05, 0.1) is 11.5 Å². The SMILES string of the molecule is NC(C(=O)NCC1CCc2cc(Cl)ccc21)C1C2CC3CC1CC(C(=O)Nc1ccncc1)(C3)C2. The van der Waals surface area contributed by atoms with Gasteiger partial charge in [-0.15, -0.1) is 0 Å². The summed E-state index contributed by atoms with van der Waals surface area (Å²) in [5.74, 6) is 1.78. The van der Waals surface area contributed by atoms with Crippen molar-refractivity contribution in [2.45, 2.75) is 56.9 Å². The van der Waals surface area contributed by atoms with Gasteiger partial charge in [-0.05, 0) is 104 Å². The molecule has 2 amide bonds. The van der Waals surface area contributed by atoms with E-state index >= 15 is 0 Å². The monoisotopic (exact) mass is 492 g/mol. The minimum absolute atomic E-state index is 0.0415. The maximum absolute atomic E-state index is 13.4. The molecule has 7 heteroatoms. The van der Waals surface area contributed by atoms with E-state index in [2.05, 4.69) is 21.7 Å². The Labute approximate surface area is 211 Å². The minimum atomic E-state index is -0.517. The number of rotatable bonds is 6. The van der Waals surface area contributed by atoms with E-state index in [-0.39, 0.29) is 23.1 Å². The van der Waals surface area contributed by atoms with Gasteiger partial charge in [-0.1, -0.05) is 17.7 Å². The number of carbonyl (C=O) groups is 2. The van der Waals surface area contributed by atoms with Crippen LogP contribution in [0.15, 0.2) is 42.7 Å². The Kier molecular flexibility index (Phi) is 5.84. The molecule has 4 saturated carbocycles. The maximum atomic E-state index is 13.4. The van der Waals surface area contributed by atoms with Gasteiger partial charge in [0.25, 0.3) is 0 Å². The van der Waals surface area contributed by atoms with E-state index in [4.69, 9.17) is 17.3 Å². The second-order valence-electron chi connectivity index (χ2n) is 11.4. The number of amides is 2. The Bertz CT molecular complexity index is 1120. The van der Waals surface area contributed by atoms with Crippen LogP contribution in [0, 0.1) is 29.1 Å². The minimum Gasteiger partial charge on any atom is -0.354 e. The second kappa shape index (κ2) is 8.90. The average Bonchev–Trinajstić information content (AvgIpc) is 3.24. The van der Waals surface area contributed by atoms with E-state index in [0.717, 1.165) is 55.7 Å². The lowest BCUT2D eigenvalue weighted by molar-refractivity contribution is -0.151. The lowest BCUT2D eigenvalue weighted by atomic mass is 9.45. The maximum Gasteiger partial charge on any atom is 0.237 e. The Balaban J connectivity index is 1.11.